The van der Waals surface area contributed by atoms with Gasteiger partial charge in [-0.25, -0.2) is 0 Å². The molecule has 4 nitrogen and oxygen atoms in total. The van der Waals surface area contributed by atoms with Crippen LogP contribution in [0.2, 0.25) is 0 Å². The van der Waals surface area contributed by atoms with Crippen molar-refractivity contribution in [3.8, 4) is 5.75 Å². The van der Waals surface area contributed by atoms with Gasteiger partial charge in [0.1, 0.15) is 5.75 Å². The summed E-state index contributed by atoms with van der Waals surface area (Å²) in [4.78, 5) is 12.0. The van der Waals surface area contributed by atoms with Crippen molar-refractivity contribution in [1.29, 1.82) is 0 Å². The number of carbonyl (C=O) groups is 1. The van der Waals surface area contributed by atoms with Gasteiger partial charge < -0.3 is 15.4 Å². The van der Waals surface area contributed by atoms with Crippen molar-refractivity contribution in [3.63, 3.8) is 0 Å². The summed E-state index contributed by atoms with van der Waals surface area (Å²) in [6, 6.07) is 4.36. The number of amides is 1. The smallest absolute Gasteiger partial charge is 0.260 e. The maximum atomic E-state index is 12.0. The fourth-order valence-electron chi connectivity index (χ4n) is 1.87. The first-order valence-corrected chi connectivity index (χ1v) is 8.75. The van der Waals surface area contributed by atoms with E-state index in [0.29, 0.717) is 11.8 Å². The molecular weight excluding hydrogens is 400 g/mol. The van der Waals surface area contributed by atoms with Crippen LogP contribution in [0.25, 0.3) is 0 Å². The van der Waals surface area contributed by atoms with Gasteiger partial charge in [0.15, 0.2) is 6.10 Å². The second kappa shape index (κ2) is 7.61. The Labute approximate surface area is 142 Å². The summed E-state index contributed by atoms with van der Waals surface area (Å²) in [6.07, 6.45) is 1.63. The van der Waals surface area contributed by atoms with Crippen molar-refractivity contribution < 1.29 is 9.53 Å². The van der Waals surface area contributed by atoms with Gasteiger partial charge in [0.25, 0.3) is 5.91 Å². The fraction of sp³-hybridized carbons (Fsp3) is 0.533. The van der Waals surface area contributed by atoms with Crippen LogP contribution in [0.15, 0.2) is 21.1 Å². The van der Waals surface area contributed by atoms with Crippen LogP contribution in [-0.4, -0.2) is 24.6 Å². The molecule has 0 spiro atoms. The fourth-order valence-corrected chi connectivity index (χ4v) is 3.34. The van der Waals surface area contributed by atoms with Crippen LogP contribution in [0, 0.1) is 0 Å². The van der Waals surface area contributed by atoms with E-state index in [2.05, 4.69) is 49.4 Å². The minimum absolute atomic E-state index is 0.0620. The molecule has 116 valence electrons. The van der Waals surface area contributed by atoms with Crippen LogP contribution in [0.1, 0.15) is 32.3 Å². The highest BCUT2D eigenvalue weighted by Gasteiger charge is 2.27. The van der Waals surface area contributed by atoms with E-state index in [1.807, 2.05) is 12.1 Å². The highest BCUT2D eigenvalue weighted by Crippen LogP contribution is 2.35. The van der Waals surface area contributed by atoms with Crippen molar-refractivity contribution in [2.75, 3.05) is 6.54 Å². The molecule has 0 heterocycles. The molecule has 1 aromatic carbocycles. The molecule has 2 N–H and O–H groups in total. The molecule has 1 fully saturated rings. The van der Waals surface area contributed by atoms with Gasteiger partial charge in [-0.15, -0.1) is 0 Å². The van der Waals surface area contributed by atoms with Crippen LogP contribution in [0.5, 0.6) is 5.75 Å². The topological polar surface area (TPSA) is 50.4 Å². The molecule has 0 radical (unpaired) electrons. The van der Waals surface area contributed by atoms with E-state index in [4.69, 9.17) is 4.74 Å². The number of hydrogen-bond acceptors (Lipinski definition) is 3. The number of rotatable bonds is 7. The third-order valence-corrected chi connectivity index (χ3v) is 4.40. The van der Waals surface area contributed by atoms with Crippen molar-refractivity contribution in [1.82, 2.24) is 10.6 Å². The van der Waals surface area contributed by atoms with Crippen LogP contribution in [0.4, 0.5) is 0 Å². The molecule has 2 rings (SSSR count). The third kappa shape index (κ3) is 4.97. The normalized spacial score (nSPS) is 15.6. The van der Waals surface area contributed by atoms with E-state index >= 15 is 0 Å². The standard InChI is InChI=1S/C15H20Br2N2O2/c1-3-18-8-10-6-12(16)14(13(17)7-10)21-9(2)15(20)19-11-4-5-11/h6-7,9,11,18H,3-5,8H2,1-2H3,(H,19,20). The molecule has 0 saturated heterocycles. The SMILES string of the molecule is CCNCc1cc(Br)c(OC(C)C(=O)NC2CC2)c(Br)c1. The first-order valence-electron chi connectivity index (χ1n) is 7.17. The van der Waals surface area contributed by atoms with Crippen molar-refractivity contribution in [3.05, 3.63) is 26.6 Å². The lowest BCUT2D eigenvalue weighted by molar-refractivity contribution is -0.127. The van der Waals surface area contributed by atoms with Gasteiger partial charge in [0, 0.05) is 12.6 Å². The summed E-state index contributed by atoms with van der Waals surface area (Å²) in [5.74, 6) is 0.599. The quantitative estimate of drug-likeness (QED) is 0.712. The molecule has 1 amide bonds. The Hall–Kier alpha value is -0.590. The molecule has 1 aromatic rings. The Morgan fingerprint density at radius 2 is 2.00 bits per heavy atom. The third-order valence-electron chi connectivity index (χ3n) is 3.22. The maximum absolute atomic E-state index is 12.0. The Balaban J connectivity index is 2.02. The Bertz CT molecular complexity index is 495. The zero-order valence-electron chi connectivity index (χ0n) is 12.2. The van der Waals surface area contributed by atoms with Crippen LogP contribution in [-0.2, 0) is 11.3 Å². The highest BCUT2D eigenvalue weighted by molar-refractivity contribution is 9.11. The summed E-state index contributed by atoms with van der Waals surface area (Å²) in [7, 11) is 0. The van der Waals surface area contributed by atoms with E-state index in [0.717, 1.165) is 40.4 Å². The van der Waals surface area contributed by atoms with Gasteiger partial charge in [-0.3, -0.25) is 4.79 Å². The maximum Gasteiger partial charge on any atom is 0.260 e. The number of ether oxygens (including phenoxy) is 1. The van der Waals surface area contributed by atoms with Gasteiger partial charge in [0.05, 0.1) is 8.95 Å². The number of hydrogen-bond donors (Lipinski definition) is 2. The van der Waals surface area contributed by atoms with Gasteiger partial charge in [-0.2, -0.15) is 0 Å². The predicted molar refractivity (Wildman–Crippen MR) is 90.5 cm³/mol. The van der Waals surface area contributed by atoms with E-state index in [9.17, 15) is 4.79 Å². The molecule has 1 unspecified atom stereocenters. The second-order valence-corrected chi connectivity index (χ2v) is 6.92. The van der Waals surface area contributed by atoms with E-state index < -0.39 is 6.10 Å². The Morgan fingerprint density at radius 1 is 1.38 bits per heavy atom. The molecule has 1 atom stereocenters. The molecular formula is C15H20Br2N2O2. The van der Waals surface area contributed by atoms with Crippen molar-refractivity contribution >= 4 is 37.8 Å². The van der Waals surface area contributed by atoms with Crippen molar-refractivity contribution in [2.45, 2.75) is 45.4 Å². The monoisotopic (exact) mass is 418 g/mol. The highest BCUT2D eigenvalue weighted by atomic mass is 79.9. The predicted octanol–water partition coefficient (Wildman–Crippen LogP) is 3.37. The van der Waals surface area contributed by atoms with E-state index in [1.165, 1.54) is 0 Å². The molecule has 1 aliphatic carbocycles. The largest absolute Gasteiger partial charge is 0.479 e. The average molecular weight is 420 g/mol. The first-order chi connectivity index (χ1) is 10.0. The number of nitrogens with one attached hydrogen (secondary N) is 2. The molecule has 0 aromatic heterocycles. The number of halogens is 2. The molecule has 1 saturated carbocycles. The Kier molecular flexibility index (Phi) is 6.08. The summed E-state index contributed by atoms with van der Waals surface area (Å²) in [5.41, 5.74) is 1.15. The second-order valence-electron chi connectivity index (χ2n) is 5.21. The summed E-state index contributed by atoms with van der Waals surface area (Å²) in [5, 5.41) is 6.23. The minimum Gasteiger partial charge on any atom is -0.479 e. The minimum atomic E-state index is -0.516. The molecule has 0 aliphatic heterocycles. The zero-order valence-corrected chi connectivity index (χ0v) is 15.4. The summed E-state index contributed by atoms with van der Waals surface area (Å²) >= 11 is 7.03. The van der Waals surface area contributed by atoms with Gasteiger partial charge in [0.2, 0.25) is 0 Å². The van der Waals surface area contributed by atoms with Crippen molar-refractivity contribution in [2.24, 2.45) is 0 Å². The van der Waals surface area contributed by atoms with Gasteiger partial charge in [-0.1, -0.05) is 6.92 Å². The molecule has 21 heavy (non-hydrogen) atoms. The lowest BCUT2D eigenvalue weighted by Crippen LogP contribution is -2.37. The first kappa shape index (κ1) is 16.8. The summed E-state index contributed by atoms with van der Waals surface area (Å²) < 4.78 is 7.49. The Morgan fingerprint density at radius 3 is 2.52 bits per heavy atom. The van der Waals surface area contributed by atoms with Gasteiger partial charge in [-0.05, 0) is 75.9 Å². The molecule has 0 bridgehead atoms. The summed E-state index contributed by atoms with van der Waals surface area (Å²) in [6.45, 7) is 5.56. The molecule has 6 heteroatoms. The lowest BCUT2D eigenvalue weighted by Gasteiger charge is -2.17. The van der Waals surface area contributed by atoms with E-state index in [-0.39, 0.29) is 5.91 Å². The molecule has 1 aliphatic rings. The average Bonchev–Trinajstić information content (AvgIpc) is 3.24. The van der Waals surface area contributed by atoms with Crippen LogP contribution < -0.4 is 15.4 Å². The van der Waals surface area contributed by atoms with Crippen LogP contribution in [0.3, 0.4) is 0 Å². The number of carbonyl (C=O) groups excluding carboxylic acids is 1. The zero-order chi connectivity index (χ0) is 15.4. The van der Waals surface area contributed by atoms with Crippen LogP contribution >= 0.6 is 31.9 Å². The number of benzene rings is 1. The lowest BCUT2D eigenvalue weighted by atomic mass is 10.2. The van der Waals surface area contributed by atoms with Gasteiger partial charge >= 0.3 is 0 Å². The van der Waals surface area contributed by atoms with E-state index in [1.54, 1.807) is 6.92 Å².